The topological polar surface area (TPSA) is 46.3 Å². The van der Waals surface area contributed by atoms with Gasteiger partial charge in [0.15, 0.2) is 0 Å². The van der Waals surface area contributed by atoms with Gasteiger partial charge >= 0.3 is 0 Å². The SMILES string of the molecule is CC(=O)N(CCN)C12CC3CC(CC(C3)C1)C2. The van der Waals surface area contributed by atoms with E-state index in [1.165, 1.54) is 38.5 Å². The van der Waals surface area contributed by atoms with E-state index in [0.717, 1.165) is 24.3 Å². The summed E-state index contributed by atoms with van der Waals surface area (Å²) in [5, 5.41) is 0. The number of amides is 1. The molecule has 2 N–H and O–H groups in total. The van der Waals surface area contributed by atoms with Crippen molar-refractivity contribution in [1.82, 2.24) is 4.90 Å². The molecule has 0 aromatic carbocycles. The zero-order chi connectivity index (χ0) is 12.0. The van der Waals surface area contributed by atoms with Crippen LogP contribution in [0.25, 0.3) is 0 Å². The summed E-state index contributed by atoms with van der Waals surface area (Å²) >= 11 is 0. The van der Waals surface area contributed by atoms with E-state index in [-0.39, 0.29) is 11.4 Å². The lowest BCUT2D eigenvalue weighted by Crippen LogP contribution is -2.62. The Morgan fingerprint density at radius 2 is 1.65 bits per heavy atom. The minimum Gasteiger partial charge on any atom is -0.336 e. The van der Waals surface area contributed by atoms with E-state index in [1.807, 2.05) is 0 Å². The van der Waals surface area contributed by atoms with Gasteiger partial charge < -0.3 is 10.6 Å². The van der Waals surface area contributed by atoms with Gasteiger partial charge in [0.05, 0.1) is 0 Å². The van der Waals surface area contributed by atoms with Gasteiger partial charge in [-0.15, -0.1) is 0 Å². The van der Waals surface area contributed by atoms with Crippen LogP contribution < -0.4 is 5.73 Å². The highest BCUT2D eigenvalue weighted by molar-refractivity contribution is 5.74. The maximum Gasteiger partial charge on any atom is 0.219 e. The van der Waals surface area contributed by atoms with Crippen LogP contribution in [-0.2, 0) is 4.79 Å². The normalized spacial score (nSPS) is 42.8. The van der Waals surface area contributed by atoms with E-state index in [2.05, 4.69) is 4.90 Å². The number of carbonyl (C=O) groups excluding carboxylic acids is 1. The van der Waals surface area contributed by atoms with Crippen LogP contribution in [0.15, 0.2) is 0 Å². The molecule has 3 nitrogen and oxygen atoms in total. The molecule has 0 aliphatic heterocycles. The average molecular weight is 236 g/mol. The third-order valence-electron chi connectivity index (χ3n) is 5.31. The van der Waals surface area contributed by atoms with Crippen LogP contribution in [0.3, 0.4) is 0 Å². The highest BCUT2D eigenvalue weighted by Gasteiger charge is 2.53. The second-order valence-corrected chi connectivity index (χ2v) is 6.60. The van der Waals surface area contributed by atoms with Crippen molar-refractivity contribution in [2.24, 2.45) is 23.5 Å². The Balaban J connectivity index is 1.87. The van der Waals surface area contributed by atoms with Gasteiger partial charge in [0, 0.05) is 25.6 Å². The summed E-state index contributed by atoms with van der Waals surface area (Å²) < 4.78 is 0. The van der Waals surface area contributed by atoms with E-state index >= 15 is 0 Å². The molecule has 3 heteroatoms. The van der Waals surface area contributed by atoms with Crippen LogP contribution in [0.2, 0.25) is 0 Å². The fourth-order valence-corrected chi connectivity index (χ4v) is 5.25. The number of carbonyl (C=O) groups is 1. The van der Waals surface area contributed by atoms with Gasteiger partial charge in [-0.25, -0.2) is 0 Å². The molecule has 0 saturated heterocycles. The molecular formula is C14H24N2O. The zero-order valence-electron chi connectivity index (χ0n) is 10.8. The van der Waals surface area contributed by atoms with Crippen LogP contribution >= 0.6 is 0 Å². The highest BCUT2D eigenvalue weighted by atomic mass is 16.2. The predicted octanol–water partition coefficient (Wildman–Crippen LogP) is 1.76. The molecule has 0 aromatic heterocycles. The summed E-state index contributed by atoms with van der Waals surface area (Å²) in [6.45, 7) is 3.07. The molecule has 4 saturated carbocycles. The summed E-state index contributed by atoms with van der Waals surface area (Å²) in [6, 6.07) is 0. The maximum absolute atomic E-state index is 11.9. The van der Waals surface area contributed by atoms with Crippen molar-refractivity contribution >= 4 is 5.91 Å². The van der Waals surface area contributed by atoms with Crippen LogP contribution in [0.4, 0.5) is 0 Å². The third-order valence-corrected chi connectivity index (χ3v) is 5.31. The van der Waals surface area contributed by atoms with Crippen LogP contribution in [0.5, 0.6) is 0 Å². The van der Waals surface area contributed by atoms with Gasteiger partial charge in [0.25, 0.3) is 0 Å². The molecule has 17 heavy (non-hydrogen) atoms. The van der Waals surface area contributed by atoms with Gasteiger partial charge in [0.1, 0.15) is 0 Å². The number of nitrogens with zero attached hydrogens (tertiary/aromatic N) is 1. The van der Waals surface area contributed by atoms with Crippen molar-refractivity contribution < 1.29 is 4.79 Å². The Morgan fingerprint density at radius 3 is 2.00 bits per heavy atom. The van der Waals surface area contributed by atoms with E-state index in [1.54, 1.807) is 6.92 Å². The molecule has 0 aromatic rings. The molecule has 0 unspecified atom stereocenters. The van der Waals surface area contributed by atoms with Gasteiger partial charge in [-0.3, -0.25) is 4.79 Å². The first-order valence-electron chi connectivity index (χ1n) is 7.11. The van der Waals surface area contributed by atoms with Crippen molar-refractivity contribution in [3.63, 3.8) is 0 Å². The van der Waals surface area contributed by atoms with Crippen molar-refractivity contribution in [2.75, 3.05) is 13.1 Å². The number of rotatable bonds is 3. The molecule has 0 radical (unpaired) electrons. The van der Waals surface area contributed by atoms with Crippen molar-refractivity contribution in [2.45, 2.75) is 51.0 Å². The lowest BCUT2D eigenvalue weighted by atomic mass is 9.52. The van der Waals surface area contributed by atoms with Crippen LogP contribution in [0, 0.1) is 17.8 Å². The first-order valence-corrected chi connectivity index (χ1v) is 7.11. The van der Waals surface area contributed by atoms with Crippen LogP contribution in [0.1, 0.15) is 45.4 Å². The van der Waals surface area contributed by atoms with Gasteiger partial charge in [-0.2, -0.15) is 0 Å². The van der Waals surface area contributed by atoms with Crippen molar-refractivity contribution in [3.05, 3.63) is 0 Å². The second-order valence-electron chi connectivity index (χ2n) is 6.60. The summed E-state index contributed by atoms with van der Waals surface area (Å²) in [4.78, 5) is 14.0. The average Bonchev–Trinajstić information content (AvgIpc) is 2.23. The minimum absolute atomic E-state index is 0.194. The first-order chi connectivity index (χ1) is 8.13. The van der Waals surface area contributed by atoms with E-state index in [4.69, 9.17) is 5.73 Å². The lowest BCUT2D eigenvalue weighted by molar-refractivity contribution is -0.148. The first kappa shape index (κ1) is 11.5. The van der Waals surface area contributed by atoms with Gasteiger partial charge in [-0.05, 0) is 56.3 Å². The number of hydrogen-bond donors (Lipinski definition) is 1. The summed E-state index contributed by atoms with van der Waals surface area (Å²) in [7, 11) is 0. The van der Waals surface area contributed by atoms with Gasteiger partial charge in [-0.1, -0.05) is 0 Å². The molecule has 4 rings (SSSR count). The summed E-state index contributed by atoms with van der Waals surface area (Å²) in [5.41, 5.74) is 5.89. The van der Waals surface area contributed by atoms with E-state index in [9.17, 15) is 4.79 Å². The smallest absolute Gasteiger partial charge is 0.219 e. The van der Waals surface area contributed by atoms with E-state index in [0.29, 0.717) is 6.54 Å². The molecule has 0 spiro atoms. The maximum atomic E-state index is 11.9. The fourth-order valence-electron chi connectivity index (χ4n) is 5.25. The molecule has 0 heterocycles. The van der Waals surface area contributed by atoms with Crippen molar-refractivity contribution in [3.8, 4) is 0 Å². The lowest BCUT2D eigenvalue weighted by Gasteiger charge is -2.60. The molecule has 1 amide bonds. The monoisotopic (exact) mass is 236 g/mol. The number of hydrogen-bond acceptors (Lipinski definition) is 2. The Morgan fingerprint density at radius 1 is 1.18 bits per heavy atom. The molecule has 4 fully saturated rings. The largest absolute Gasteiger partial charge is 0.336 e. The molecular weight excluding hydrogens is 212 g/mol. The standard InChI is InChI=1S/C14H24N2O/c1-10(17)16(3-2-15)14-7-11-4-12(8-14)6-13(5-11)9-14/h11-13H,2-9,15H2,1H3. The minimum atomic E-state index is 0.194. The number of nitrogens with two attached hydrogens (primary N) is 1. The second kappa shape index (κ2) is 3.98. The molecule has 96 valence electrons. The highest BCUT2D eigenvalue weighted by Crippen LogP contribution is 2.57. The zero-order valence-corrected chi connectivity index (χ0v) is 10.8. The fraction of sp³-hybridized carbons (Fsp3) is 0.929. The van der Waals surface area contributed by atoms with Gasteiger partial charge in [0.2, 0.25) is 5.91 Å². The predicted molar refractivity (Wildman–Crippen MR) is 67.3 cm³/mol. The Kier molecular flexibility index (Phi) is 2.69. The summed E-state index contributed by atoms with van der Waals surface area (Å²) in [6.07, 6.45) is 8.02. The van der Waals surface area contributed by atoms with Crippen LogP contribution in [-0.4, -0.2) is 29.4 Å². The third kappa shape index (κ3) is 1.79. The molecule has 0 atom stereocenters. The Labute approximate surface area is 104 Å². The Hall–Kier alpha value is -0.570. The molecule has 4 aliphatic carbocycles. The summed E-state index contributed by atoms with van der Waals surface area (Å²) in [5.74, 6) is 2.90. The quantitative estimate of drug-likeness (QED) is 0.811. The molecule has 4 aliphatic rings. The Bertz CT molecular complexity index is 291. The van der Waals surface area contributed by atoms with E-state index < -0.39 is 0 Å². The molecule has 4 bridgehead atoms. The van der Waals surface area contributed by atoms with Crippen molar-refractivity contribution in [1.29, 1.82) is 0 Å².